The van der Waals surface area contributed by atoms with Crippen molar-refractivity contribution in [2.24, 2.45) is 0 Å². The number of benzene rings is 1. The van der Waals surface area contributed by atoms with Crippen LogP contribution >= 0.6 is 0 Å². The van der Waals surface area contributed by atoms with E-state index in [1.54, 1.807) is 12.1 Å². The SMILES string of the molecule is CCNCc1ccc(N2CCCC2CC)c(C(F)(F)F)c1. The van der Waals surface area contributed by atoms with Crippen molar-refractivity contribution < 1.29 is 13.2 Å². The molecule has 0 spiro atoms. The Morgan fingerprint density at radius 1 is 1.29 bits per heavy atom. The first kappa shape index (κ1) is 16.1. The van der Waals surface area contributed by atoms with Crippen LogP contribution in [-0.2, 0) is 12.7 Å². The van der Waals surface area contributed by atoms with Gasteiger partial charge >= 0.3 is 6.18 Å². The molecule has 1 aliphatic heterocycles. The van der Waals surface area contributed by atoms with Gasteiger partial charge in [0.1, 0.15) is 0 Å². The normalized spacial score (nSPS) is 19.3. The van der Waals surface area contributed by atoms with Gasteiger partial charge in [-0.05, 0) is 43.5 Å². The molecular formula is C16H23F3N2. The van der Waals surface area contributed by atoms with Crippen molar-refractivity contribution in [3.8, 4) is 0 Å². The van der Waals surface area contributed by atoms with Gasteiger partial charge in [-0.15, -0.1) is 0 Å². The molecule has 1 heterocycles. The second-order valence-corrected chi connectivity index (χ2v) is 5.53. The van der Waals surface area contributed by atoms with E-state index < -0.39 is 11.7 Å². The van der Waals surface area contributed by atoms with Gasteiger partial charge in [-0.25, -0.2) is 0 Å². The molecule has 5 heteroatoms. The number of nitrogens with one attached hydrogen (secondary N) is 1. The van der Waals surface area contributed by atoms with Crippen molar-refractivity contribution in [2.75, 3.05) is 18.0 Å². The number of alkyl halides is 3. The fourth-order valence-corrected chi connectivity index (χ4v) is 3.02. The third kappa shape index (κ3) is 3.70. The molecule has 0 radical (unpaired) electrons. The lowest BCUT2D eigenvalue weighted by molar-refractivity contribution is -0.137. The molecule has 21 heavy (non-hydrogen) atoms. The maximum Gasteiger partial charge on any atom is 0.418 e. The van der Waals surface area contributed by atoms with E-state index in [9.17, 15) is 13.2 Å². The minimum Gasteiger partial charge on any atom is -0.368 e. The summed E-state index contributed by atoms with van der Waals surface area (Å²) in [6, 6.07) is 4.97. The van der Waals surface area contributed by atoms with Gasteiger partial charge in [0.25, 0.3) is 0 Å². The summed E-state index contributed by atoms with van der Waals surface area (Å²) in [5.74, 6) is 0. The molecule has 1 aliphatic rings. The number of halogens is 3. The highest BCUT2D eigenvalue weighted by molar-refractivity contribution is 5.58. The van der Waals surface area contributed by atoms with Crippen LogP contribution in [0.3, 0.4) is 0 Å². The molecule has 1 N–H and O–H groups in total. The lowest BCUT2D eigenvalue weighted by Gasteiger charge is -2.29. The lowest BCUT2D eigenvalue weighted by Crippen LogP contribution is -2.30. The Balaban J connectivity index is 2.36. The van der Waals surface area contributed by atoms with Crippen molar-refractivity contribution in [1.29, 1.82) is 0 Å². The van der Waals surface area contributed by atoms with E-state index >= 15 is 0 Å². The fraction of sp³-hybridized carbons (Fsp3) is 0.625. The van der Waals surface area contributed by atoms with Crippen LogP contribution in [-0.4, -0.2) is 19.1 Å². The van der Waals surface area contributed by atoms with Crippen LogP contribution in [0.2, 0.25) is 0 Å². The highest BCUT2D eigenvalue weighted by atomic mass is 19.4. The predicted octanol–water partition coefficient (Wildman–Crippen LogP) is 4.19. The van der Waals surface area contributed by atoms with Crippen LogP contribution in [0.15, 0.2) is 18.2 Å². The molecule has 0 aliphatic carbocycles. The van der Waals surface area contributed by atoms with E-state index in [-0.39, 0.29) is 6.04 Å². The highest BCUT2D eigenvalue weighted by Crippen LogP contribution is 2.40. The Morgan fingerprint density at radius 3 is 2.67 bits per heavy atom. The summed E-state index contributed by atoms with van der Waals surface area (Å²) in [6.45, 7) is 5.91. The molecule has 0 saturated carbocycles. The Kier molecular flexibility index (Phi) is 5.14. The monoisotopic (exact) mass is 300 g/mol. The maximum atomic E-state index is 13.4. The van der Waals surface area contributed by atoms with Crippen molar-refractivity contribution in [3.05, 3.63) is 29.3 Å². The summed E-state index contributed by atoms with van der Waals surface area (Å²) in [7, 11) is 0. The largest absolute Gasteiger partial charge is 0.418 e. The average molecular weight is 300 g/mol. The molecule has 1 atom stereocenters. The Hall–Kier alpha value is -1.23. The van der Waals surface area contributed by atoms with Gasteiger partial charge in [0, 0.05) is 24.8 Å². The molecule has 118 valence electrons. The van der Waals surface area contributed by atoms with Crippen LogP contribution in [0.4, 0.5) is 18.9 Å². The summed E-state index contributed by atoms with van der Waals surface area (Å²) in [5.41, 5.74) is 0.519. The van der Waals surface area contributed by atoms with Gasteiger partial charge in [-0.1, -0.05) is 19.9 Å². The molecule has 1 unspecified atom stereocenters. The minimum absolute atomic E-state index is 0.228. The molecule has 1 aromatic carbocycles. The van der Waals surface area contributed by atoms with E-state index in [2.05, 4.69) is 5.32 Å². The summed E-state index contributed by atoms with van der Waals surface area (Å²) in [6.07, 6.45) is -1.48. The molecule has 2 nitrogen and oxygen atoms in total. The zero-order chi connectivity index (χ0) is 15.5. The fourth-order valence-electron chi connectivity index (χ4n) is 3.02. The van der Waals surface area contributed by atoms with E-state index in [4.69, 9.17) is 0 Å². The van der Waals surface area contributed by atoms with Gasteiger partial charge < -0.3 is 10.2 Å². The standard InChI is InChI=1S/C16H23F3N2/c1-3-13-6-5-9-21(13)15-8-7-12(11-20-4-2)10-14(15)16(17,18)19/h7-8,10,13,20H,3-6,9,11H2,1-2H3. The first-order valence-corrected chi connectivity index (χ1v) is 7.64. The number of rotatable bonds is 5. The summed E-state index contributed by atoms with van der Waals surface area (Å²) in [5, 5.41) is 3.07. The molecular weight excluding hydrogens is 277 g/mol. The lowest BCUT2D eigenvalue weighted by atomic mass is 10.1. The average Bonchev–Trinajstić information content (AvgIpc) is 2.92. The third-order valence-corrected chi connectivity index (χ3v) is 4.10. The smallest absolute Gasteiger partial charge is 0.368 e. The van der Waals surface area contributed by atoms with E-state index in [1.165, 1.54) is 6.07 Å². The van der Waals surface area contributed by atoms with E-state index in [0.717, 1.165) is 25.8 Å². The number of hydrogen-bond donors (Lipinski definition) is 1. The molecule has 2 rings (SSSR count). The van der Waals surface area contributed by atoms with E-state index in [0.29, 0.717) is 24.3 Å². The number of nitrogens with zero attached hydrogens (tertiary/aromatic N) is 1. The first-order chi connectivity index (χ1) is 9.97. The predicted molar refractivity (Wildman–Crippen MR) is 79.5 cm³/mol. The summed E-state index contributed by atoms with van der Waals surface area (Å²) < 4.78 is 40.2. The second-order valence-electron chi connectivity index (χ2n) is 5.53. The van der Waals surface area contributed by atoms with Crippen molar-refractivity contribution in [1.82, 2.24) is 5.32 Å². The zero-order valence-electron chi connectivity index (χ0n) is 12.6. The molecule has 1 fully saturated rings. The molecule has 0 bridgehead atoms. The Bertz CT molecular complexity index is 471. The van der Waals surface area contributed by atoms with Gasteiger partial charge in [-0.2, -0.15) is 13.2 Å². The molecule has 1 saturated heterocycles. The third-order valence-electron chi connectivity index (χ3n) is 4.10. The highest BCUT2D eigenvalue weighted by Gasteiger charge is 2.37. The van der Waals surface area contributed by atoms with E-state index in [1.807, 2.05) is 18.7 Å². The number of hydrogen-bond acceptors (Lipinski definition) is 2. The molecule has 0 aromatic heterocycles. The zero-order valence-corrected chi connectivity index (χ0v) is 12.6. The van der Waals surface area contributed by atoms with Crippen LogP contribution in [0.25, 0.3) is 0 Å². The summed E-state index contributed by atoms with van der Waals surface area (Å²) in [4.78, 5) is 1.93. The molecule has 0 amide bonds. The second kappa shape index (κ2) is 6.69. The van der Waals surface area contributed by atoms with Crippen LogP contribution in [0, 0.1) is 0 Å². The minimum atomic E-state index is -4.31. The van der Waals surface area contributed by atoms with Crippen molar-refractivity contribution in [2.45, 2.75) is 51.9 Å². The van der Waals surface area contributed by atoms with Crippen molar-refractivity contribution in [3.63, 3.8) is 0 Å². The van der Waals surface area contributed by atoms with Crippen LogP contribution in [0.5, 0.6) is 0 Å². The summed E-state index contributed by atoms with van der Waals surface area (Å²) >= 11 is 0. The van der Waals surface area contributed by atoms with Gasteiger partial charge in [-0.3, -0.25) is 0 Å². The molecule has 1 aromatic rings. The topological polar surface area (TPSA) is 15.3 Å². The Morgan fingerprint density at radius 2 is 2.05 bits per heavy atom. The number of anilines is 1. The maximum absolute atomic E-state index is 13.4. The quantitative estimate of drug-likeness (QED) is 0.877. The van der Waals surface area contributed by atoms with Crippen LogP contribution < -0.4 is 10.2 Å². The van der Waals surface area contributed by atoms with Gasteiger partial charge in [0.05, 0.1) is 5.56 Å². The Labute approximate surface area is 124 Å². The van der Waals surface area contributed by atoms with Crippen molar-refractivity contribution >= 4 is 5.69 Å². The van der Waals surface area contributed by atoms with Crippen LogP contribution in [0.1, 0.15) is 44.2 Å². The van der Waals surface area contributed by atoms with Gasteiger partial charge in [0.2, 0.25) is 0 Å². The van der Waals surface area contributed by atoms with Gasteiger partial charge in [0.15, 0.2) is 0 Å². The first-order valence-electron chi connectivity index (χ1n) is 7.64.